The zero-order chi connectivity index (χ0) is 18.6. The van der Waals surface area contributed by atoms with Gasteiger partial charge in [-0.25, -0.2) is 9.48 Å². The Morgan fingerprint density at radius 1 is 1.16 bits per heavy atom. The van der Waals surface area contributed by atoms with Crippen molar-refractivity contribution in [2.45, 2.75) is 40.7 Å². The van der Waals surface area contributed by atoms with Gasteiger partial charge >= 0.3 is 5.97 Å². The Hall–Kier alpha value is -2.63. The SMILES string of the molecule is Cc1nn(-c2ccccc2)c(C)c1C(=O)OCC(=O)N[C@H](C)C(C)C. The molecule has 1 aromatic carbocycles. The first-order valence-electron chi connectivity index (χ1n) is 8.39. The molecule has 6 nitrogen and oxygen atoms in total. The summed E-state index contributed by atoms with van der Waals surface area (Å²) in [6.45, 7) is 9.21. The molecule has 25 heavy (non-hydrogen) atoms. The lowest BCUT2D eigenvalue weighted by atomic mass is 10.1. The van der Waals surface area contributed by atoms with Crippen LogP contribution in [0.2, 0.25) is 0 Å². The number of ether oxygens (including phenoxy) is 1. The van der Waals surface area contributed by atoms with Gasteiger partial charge in [0.1, 0.15) is 5.56 Å². The summed E-state index contributed by atoms with van der Waals surface area (Å²) in [6.07, 6.45) is 0. The van der Waals surface area contributed by atoms with Gasteiger partial charge in [-0.15, -0.1) is 0 Å². The van der Waals surface area contributed by atoms with E-state index in [4.69, 9.17) is 4.74 Å². The first-order valence-corrected chi connectivity index (χ1v) is 8.39. The largest absolute Gasteiger partial charge is 0.452 e. The van der Waals surface area contributed by atoms with Crippen LogP contribution >= 0.6 is 0 Å². The summed E-state index contributed by atoms with van der Waals surface area (Å²) in [4.78, 5) is 24.3. The maximum Gasteiger partial charge on any atom is 0.342 e. The summed E-state index contributed by atoms with van der Waals surface area (Å²) >= 11 is 0. The van der Waals surface area contributed by atoms with E-state index in [-0.39, 0.29) is 18.6 Å². The van der Waals surface area contributed by atoms with E-state index in [0.717, 1.165) is 5.69 Å². The summed E-state index contributed by atoms with van der Waals surface area (Å²) in [7, 11) is 0. The molecule has 0 radical (unpaired) electrons. The van der Waals surface area contributed by atoms with Gasteiger partial charge in [-0.3, -0.25) is 4.79 Å². The molecule has 0 fully saturated rings. The summed E-state index contributed by atoms with van der Waals surface area (Å²) < 4.78 is 6.88. The molecule has 0 unspecified atom stereocenters. The van der Waals surface area contributed by atoms with E-state index in [0.29, 0.717) is 22.9 Å². The molecular weight excluding hydrogens is 318 g/mol. The minimum absolute atomic E-state index is 0.0236. The van der Waals surface area contributed by atoms with Crippen LogP contribution in [-0.2, 0) is 9.53 Å². The summed E-state index contributed by atoms with van der Waals surface area (Å²) in [5, 5.41) is 7.22. The van der Waals surface area contributed by atoms with E-state index in [1.807, 2.05) is 58.0 Å². The number of rotatable bonds is 6. The fourth-order valence-electron chi connectivity index (χ4n) is 2.42. The molecule has 0 bridgehead atoms. The van der Waals surface area contributed by atoms with E-state index in [1.165, 1.54) is 0 Å². The second kappa shape index (κ2) is 7.96. The molecule has 2 rings (SSSR count). The molecule has 1 atom stereocenters. The van der Waals surface area contributed by atoms with Gasteiger partial charge in [0.05, 0.1) is 17.1 Å². The first kappa shape index (κ1) is 18.7. The highest BCUT2D eigenvalue weighted by Gasteiger charge is 2.22. The van der Waals surface area contributed by atoms with Crippen LogP contribution in [0.1, 0.15) is 42.5 Å². The predicted molar refractivity (Wildman–Crippen MR) is 95.8 cm³/mol. The minimum atomic E-state index is -0.537. The summed E-state index contributed by atoms with van der Waals surface area (Å²) in [5.74, 6) is -0.530. The Bertz CT molecular complexity index is 751. The van der Waals surface area contributed by atoms with Gasteiger partial charge in [0.15, 0.2) is 6.61 Å². The van der Waals surface area contributed by atoms with Gasteiger partial charge in [0.25, 0.3) is 5.91 Å². The molecular formula is C19H25N3O3. The first-order chi connectivity index (χ1) is 11.8. The van der Waals surface area contributed by atoms with Crippen molar-refractivity contribution in [1.82, 2.24) is 15.1 Å². The van der Waals surface area contributed by atoms with Crippen LogP contribution in [0.5, 0.6) is 0 Å². The molecule has 0 aliphatic carbocycles. The van der Waals surface area contributed by atoms with E-state index < -0.39 is 5.97 Å². The monoisotopic (exact) mass is 343 g/mol. The third kappa shape index (κ3) is 4.47. The Kier molecular flexibility index (Phi) is 5.96. The van der Waals surface area contributed by atoms with Gasteiger partial charge in [0, 0.05) is 6.04 Å². The smallest absolute Gasteiger partial charge is 0.342 e. The van der Waals surface area contributed by atoms with E-state index in [2.05, 4.69) is 10.4 Å². The van der Waals surface area contributed by atoms with Gasteiger partial charge in [-0.05, 0) is 38.8 Å². The summed E-state index contributed by atoms with van der Waals surface area (Å²) in [6, 6.07) is 9.58. The molecule has 1 amide bonds. The molecule has 0 saturated heterocycles. The number of aromatic nitrogens is 2. The fraction of sp³-hybridized carbons (Fsp3) is 0.421. The Morgan fingerprint density at radius 2 is 1.80 bits per heavy atom. The fourth-order valence-corrected chi connectivity index (χ4v) is 2.42. The van der Waals surface area contributed by atoms with Crippen LogP contribution in [0.3, 0.4) is 0 Å². The summed E-state index contributed by atoms with van der Waals surface area (Å²) in [5.41, 5.74) is 2.52. The van der Waals surface area contributed by atoms with Crippen LogP contribution in [-0.4, -0.2) is 34.3 Å². The van der Waals surface area contributed by atoms with Crippen LogP contribution in [0.25, 0.3) is 5.69 Å². The topological polar surface area (TPSA) is 73.2 Å². The number of esters is 1. The second-order valence-electron chi connectivity index (χ2n) is 6.47. The maximum absolute atomic E-state index is 12.4. The van der Waals surface area contributed by atoms with Crippen LogP contribution in [0.15, 0.2) is 30.3 Å². The van der Waals surface area contributed by atoms with Gasteiger partial charge in [-0.2, -0.15) is 5.10 Å². The van der Waals surface area contributed by atoms with Gasteiger partial charge in [-0.1, -0.05) is 32.0 Å². The highest BCUT2D eigenvalue weighted by Crippen LogP contribution is 2.18. The number of amides is 1. The van der Waals surface area contributed by atoms with Crippen LogP contribution < -0.4 is 5.32 Å². The van der Waals surface area contributed by atoms with Gasteiger partial charge < -0.3 is 10.1 Å². The minimum Gasteiger partial charge on any atom is -0.452 e. The third-order valence-electron chi connectivity index (χ3n) is 4.22. The van der Waals surface area contributed by atoms with Crippen molar-refractivity contribution in [2.24, 2.45) is 5.92 Å². The number of hydrogen-bond donors (Lipinski definition) is 1. The molecule has 134 valence electrons. The average molecular weight is 343 g/mol. The lowest BCUT2D eigenvalue weighted by Crippen LogP contribution is -2.38. The number of nitrogens with one attached hydrogen (secondary N) is 1. The lowest BCUT2D eigenvalue weighted by molar-refractivity contribution is -0.125. The van der Waals surface area contributed by atoms with Crippen LogP contribution in [0, 0.1) is 19.8 Å². The highest BCUT2D eigenvalue weighted by molar-refractivity contribution is 5.93. The molecule has 0 aliphatic heterocycles. The molecule has 6 heteroatoms. The predicted octanol–water partition coefficient (Wildman–Crippen LogP) is 2.81. The van der Waals surface area contributed by atoms with Gasteiger partial charge in [0.2, 0.25) is 0 Å². The zero-order valence-electron chi connectivity index (χ0n) is 15.4. The number of benzene rings is 1. The molecule has 0 saturated carbocycles. The molecule has 1 N–H and O–H groups in total. The number of carbonyl (C=O) groups excluding carboxylic acids is 2. The van der Waals surface area contributed by atoms with Crippen molar-refractivity contribution in [3.63, 3.8) is 0 Å². The Labute approximate surface area is 148 Å². The molecule has 0 spiro atoms. The zero-order valence-corrected chi connectivity index (χ0v) is 15.4. The highest BCUT2D eigenvalue weighted by atomic mass is 16.5. The average Bonchev–Trinajstić information content (AvgIpc) is 2.88. The van der Waals surface area contributed by atoms with Crippen molar-refractivity contribution in [3.8, 4) is 5.69 Å². The number of aryl methyl sites for hydroxylation is 1. The van der Waals surface area contributed by atoms with E-state index in [9.17, 15) is 9.59 Å². The molecule has 1 aromatic heterocycles. The maximum atomic E-state index is 12.4. The Balaban J connectivity index is 2.08. The number of carbonyl (C=O) groups is 2. The van der Waals surface area contributed by atoms with Crippen molar-refractivity contribution >= 4 is 11.9 Å². The van der Waals surface area contributed by atoms with E-state index >= 15 is 0 Å². The molecule has 2 aromatic rings. The third-order valence-corrected chi connectivity index (χ3v) is 4.22. The van der Waals surface area contributed by atoms with E-state index in [1.54, 1.807) is 11.6 Å². The second-order valence-corrected chi connectivity index (χ2v) is 6.47. The van der Waals surface area contributed by atoms with Crippen molar-refractivity contribution in [1.29, 1.82) is 0 Å². The molecule has 0 aliphatic rings. The van der Waals surface area contributed by atoms with Crippen molar-refractivity contribution in [2.75, 3.05) is 6.61 Å². The number of para-hydroxylation sites is 1. The van der Waals surface area contributed by atoms with Crippen LogP contribution in [0.4, 0.5) is 0 Å². The number of nitrogens with zero attached hydrogens (tertiary/aromatic N) is 2. The number of hydrogen-bond acceptors (Lipinski definition) is 4. The standard InChI is InChI=1S/C19H25N3O3/c1-12(2)13(3)20-17(23)11-25-19(24)18-14(4)21-22(15(18)5)16-9-7-6-8-10-16/h6-10,12-13H,11H2,1-5H3,(H,20,23)/t13-/m1/s1. The van der Waals surface area contributed by atoms with Crippen molar-refractivity contribution < 1.29 is 14.3 Å². The Morgan fingerprint density at radius 3 is 2.40 bits per heavy atom. The van der Waals surface area contributed by atoms with Crippen molar-refractivity contribution in [3.05, 3.63) is 47.3 Å². The molecule has 1 heterocycles. The quantitative estimate of drug-likeness (QED) is 0.819. The normalized spacial score (nSPS) is 12.1. The lowest BCUT2D eigenvalue weighted by Gasteiger charge is -2.17.